The summed E-state index contributed by atoms with van der Waals surface area (Å²) in [6, 6.07) is 8.45. The summed E-state index contributed by atoms with van der Waals surface area (Å²) in [5.41, 5.74) is 4.03. The minimum Gasteiger partial charge on any atom is -0.380 e. The summed E-state index contributed by atoms with van der Waals surface area (Å²) in [4.78, 5) is 0. The molecule has 1 heterocycles. The number of nitrogens with one attached hydrogen (secondary N) is 1. The Labute approximate surface area is 99.2 Å². The molecule has 2 aromatic rings. The summed E-state index contributed by atoms with van der Waals surface area (Å²) in [7, 11) is 0. The Balaban J connectivity index is 2.32. The molecule has 16 heavy (non-hydrogen) atoms. The highest BCUT2D eigenvalue weighted by atomic mass is 32.1. The number of hydrogen-bond donors (Lipinski definition) is 2. The molecule has 3 N–H and O–H groups in total. The molecule has 1 aromatic carbocycles. The lowest BCUT2D eigenvalue weighted by atomic mass is 10.1. The van der Waals surface area contributed by atoms with Gasteiger partial charge in [0.1, 0.15) is 0 Å². The minimum atomic E-state index is 0.0577. The molecule has 1 unspecified atom stereocenters. The lowest BCUT2D eigenvalue weighted by molar-refractivity contribution is 0.123. The van der Waals surface area contributed by atoms with Crippen LogP contribution in [-0.2, 0) is 4.74 Å². The van der Waals surface area contributed by atoms with Crippen molar-refractivity contribution in [2.24, 2.45) is 5.84 Å². The van der Waals surface area contributed by atoms with Gasteiger partial charge < -0.3 is 4.74 Å². The van der Waals surface area contributed by atoms with Crippen LogP contribution in [0, 0.1) is 0 Å². The van der Waals surface area contributed by atoms with Gasteiger partial charge in [-0.3, -0.25) is 11.3 Å². The van der Waals surface area contributed by atoms with Gasteiger partial charge in [0.15, 0.2) is 0 Å². The molecule has 0 aliphatic heterocycles. The molecule has 86 valence electrons. The molecule has 0 amide bonds. The Morgan fingerprint density at radius 2 is 2.31 bits per heavy atom. The Morgan fingerprint density at radius 3 is 3.06 bits per heavy atom. The molecule has 1 atom stereocenters. The summed E-state index contributed by atoms with van der Waals surface area (Å²) >= 11 is 1.74. The molecule has 2 rings (SSSR count). The first kappa shape index (κ1) is 11.5. The fraction of sp³-hybridized carbons (Fsp3) is 0.333. The van der Waals surface area contributed by atoms with E-state index >= 15 is 0 Å². The molecular weight excluding hydrogens is 220 g/mol. The SMILES string of the molecule is CCOCC(NN)c1cccc2ccsc12. The Hall–Kier alpha value is -0.940. The normalized spacial score (nSPS) is 13.1. The van der Waals surface area contributed by atoms with E-state index in [1.165, 1.54) is 15.6 Å². The number of hydrazine groups is 1. The average molecular weight is 236 g/mol. The summed E-state index contributed by atoms with van der Waals surface area (Å²) < 4.78 is 6.71. The van der Waals surface area contributed by atoms with Crippen LogP contribution >= 0.6 is 11.3 Å². The van der Waals surface area contributed by atoms with Gasteiger partial charge in [-0.15, -0.1) is 11.3 Å². The summed E-state index contributed by atoms with van der Waals surface area (Å²) in [6.07, 6.45) is 0. The van der Waals surface area contributed by atoms with E-state index in [0.29, 0.717) is 13.2 Å². The van der Waals surface area contributed by atoms with Crippen LogP contribution in [-0.4, -0.2) is 13.2 Å². The first-order chi connectivity index (χ1) is 7.86. The molecule has 3 nitrogen and oxygen atoms in total. The third-order valence-corrected chi connectivity index (χ3v) is 3.55. The lowest BCUT2D eigenvalue weighted by Gasteiger charge is -2.16. The van der Waals surface area contributed by atoms with E-state index in [0.717, 1.165) is 0 Å². The summed E-state index contributed by atoms with van der Waals surface area (Å²) in [5.74, 6) is 5.58. The van der Waals surface area contributed by atoms with Crippen LogP contribution in [0.2, 0.25) is 0 Å². The van der Waals surface area contributed by atoms with Gasteiger partial charge in [-0.1, -0.05) is 18.2 Å². The van der Waals surface area contributed by atoms with Gasteiger partial charge in [0.25, 0.3) is 0 Å². The van der Waals surface area contributed by atoms with Gasteiger partial charge in [0, 0.05) is 11.3 Å². The number of nitrogens with two attached hydrogens (primary N) is 1. The first-order valence-corrected chi connectivity index (χ1v) is 6.24. The lowest BCUT2D eigenvalue weighted by Crippen LogP contribution is -2.31. The Morgan fingerprint density at radius 1 is 1.44 bits per heavy atom. The van der Waals surface area contributed by atoms with Gasteiger partial charge in [-0.05, 0) is 29.3 Å². The molecule has 0 spiro atoms. The molecular formula is C12H16N2OS. The van der Waals surface area contributed by atoms with E-state index in [2.05, 4.69) is 35.1 Å². The van der Waals surface area contributed by atoms with Gasteiger partial charge in [-0.2, -0.15) is 0 Å². The van der Waals surface area contributed by atoms with Crippen LogP contribution in [0.25, 0.3) is 10.1 Å². The number of benzene rings is 1. The van der Waals surface area contributed by atoms with Crippen molar-refractivity contribution in [2.45, 2.75) is 13.0 Å². The minimum absolute atomic E-state index is 0.0577. The molecule has 0 saturated carbocycles. The maximum Gasteiger partial charge on any atom is 0.0707 e. The zero-order chi connectivity index (χ0) is 11.4. The molecule has 0 fully saturated rings. The molecule has 0 aliphatic carbocycles. The van der Waals surface area contributed by atoms with Gasteiger partial charge in [0.2, 0.25) is 0 Å². The Bertz CT molecular complexity index is 455. The summed E-state index contributed by atoms with van der Waals surface area (Å²) in [6.45, 7) is 3.29. The van der Waals surface area contributed by atoms with E-state index in [9.17, 15) is 0 Å². The summed E-state index contributed by atoms with van der Waals surface area (Å²) in [5, 5.41) is 3.36. The van der Waals surface area contributed by atoms with Crippen molar-refractivity contribution in [3.8, 4) is 0 Å². The average Bonchev–Trinajstić information content (AvgIpc) is 2.78. The van der Waals surface area contributed by atoms with Crippen LogP contribution in [0.3, 0.4) is 0 Å². The van der Waals surface area contributed by atoms with Crippen molar-refractivity contribution in [2.75, 3.05) is 13.2 Å². The second kappa shape index (κ2) is 5.41. The van der Waals surface area contributed by atoms with Crippen LogP contribution in [0.15, 0.2) is 29.6 Å². The van der Waals surface area contributed by atoms with Gasteiger partial charge in [-0.25, -0.2) is 0 Å². The second-order valence-electron chi connectivity index (χ2n) is 3.56. The predicted molar refractivity (Wildman–Crippen MR) is 68.4 cm³/mol. The fourth-order valence-corrected chi connectivity index (χ4v) is 2.72. The highest BCUT2D eigenvalue weighted by molar-refractivity contribution is 7.17. The highest BCUT2D eigenvalue weighted by Gasteiger charge is 2.13. The smallest absolute Gasteiger partial charge is 0.0707 e. The highest BCUT2D eigenvalue weighted by Crippen LogP contribution is 2.28. The predicted octanol–water partition coefficient (Wildman–Crippen LogP) is 2.44. The van der Waals surface area contributed by atoms with Crippen LogP contribution < -0.4 is 11.3 Å². The maximum atomic E-state index is 5.58. The van der Waals surface area contributed by atoms with Crippen molar-refractivity contribution < 1.29 is 4.74 Å². The number of rotatable bonds is 5. The fourth-order valence-electron chi connectivity index (χ4n) is 1.75. The molecule has 0 bridgehead atoms. The largest absolute Gasteiger partial charge is 0.380 e. The van der Waals surface area contributed by atoms with Crippen LogP contribution in [0.4, 0.5) is 0 Å². The second-order valence-corrected chi connectivity index (χ2v) is 4.48. The number of ether oxygens (including phenoxy) is 1. The van der Waals surface area contributed by atoms with E-state index in [1.807, 2.05) is 6.92 Å². The maximum absolute atomic E-state index is 5.58. The third-order valence-electron chi connectivity index (χ3n) is 2.57. The van der Waals surface area contributed by atoms with Crippen molar-refractivity contribution in [1.82, 2.24) is 5.43 Å². The Kier molecular flexibility index (Phi) is 3.90. The van der Waals surface area contributed by atoms with E-state index in [-0.39, 0.29) is 6.04 Å². The topological polar surface area (TPSA) is 47.3 Å². The molecule has 0 aliphatic rings. The van der Waals surface area contributed by atoms with Crippen molar-refractivity contribution in [3.63, 3.8) is 0 Å². The molecule has 0 radical (unpaired) electrons. The molecule has 1 aromatic heterocycles. The van der Waals surface area contributed by atoms with Crippen molar-refractivity contribution in [3.05, 3.63) is 35.2 Å². The van der Waals surface area contributed by atoms with Crippen LogP contribution in [0.5, 0.6) is 0 Å². The van der Waals surface area contributed by atoms with Crippen molar-refractivity contribution in [1.29, 1.82) is 0 Å². The van der Waals surface area contributed by atoms with Gasteiger partial charge in [0.05, 0.1) is 12.6 Å². The quantitative estimate of drug-likeness (QED) is 0.619. The van der Waals surface area contributed by atoms with E-state index in [1.54, 1.807) is 11.3 Å². The first-order valence-electron chi connectivity index (χ1n) is 5.36. The third kappa shape index (κ3) is 2.25. The molecule has 0 saturated heterocycles. The molecule has 4 heteroatoms. The zero-order valence-electron chi connectivity index (χ0n) is 9.27. The standard InChI is InChI=1S/C12H16N2OS/c1-2-15-8-11(14-13)10-5-3-4-9-6-7-16-12(9)10/h3-7,11,14H,2,8,13H2,1H3. The zero-order valence-corrected chi connectivity index (χ0v) is 10.1. The van der Waals surface area contributed by atoms with Crippen LogP contribution in [0.1, 0.15) is 18.5 Å². The van der Waals surface area contributed by atoms with Gasteiger partial charge >= 0.3 is 0 Å². The van der Waals surface area contributed by atoms with E-state index in [4.69, 9.17) is 10.6 Å². The van der Waals surface area contributed by atoms with Crippen molar-refractivity contribution >= 4 is 21.4 Å². The van der Waals surface area contributed by atoms with E-state index < -0.39 is 0 Å². The monoisotopic (exact) mass is 236 g/mol. The number of fused-ring (bicyclic) bond motifs is 1. The number of hydrogen-bond acceptors (Lipinski definition) is 4. The number of thiophene rings is 1.